The van der Waals surface area contributed by atoms with Gasteiger partial charge in [-0.15, -0.1) is 11.8 Å². The van der Waals surface area contributed by atoms with Crippen molar-refractivity contribution in [3.8, 4) is 11.9 Å². The van der Waals surface area contributed by atoms with Crippen LogP contribution in [0.5, 0.6) is 11.9 Å². The summed E-state index contributed by atoms with van der Waals surface area (Å²) in [6.07, 6.45) is 1.96. The van der Waals surface area contributed by atoms with Crippen molar-refractivity contribution in [3.05, 3.63) is 0 Å². The molecule has 0 aliphatic carbocycles. The lowest BCUT2D eigenvalue weighted by atomic mass is 10.4. The lowest BCUT2D eigenvalue weighted by Gasteiger charge is -2.15. The SMILES string of the molecule is COc1nc(NC(C)C)c(SC)c(OC)n1. The van der Waals surface area contributed by atoms with E-state index in [2.05, 4.69) is 15.3 Å². The Morgan fingerprint density at radius 3 is 2.31 bits per heavy atom. The molecule has 90 valence electrons. The minimum atomic E-state index is 0.287. The standard InChI is InChI=1S/C10H17N3O2S/c1-6(2)11-8-7(16-5)9(14-3)13-10(12-8)15-4/h6H,1-5H3,(H,11,12,13). The Hall–Kier alpha value is -1.17. The van der Waals surface area contributed by atoms with Crippen LogP contribution in [0, 0.1) is 0 Å². The second-order valence-corrected chi connectivity index (χ2v) is 4.22. The molecule has 1 N–H and O–H groups in total. The molecule has 6 heteroatoms. The van der Waals surface area contributed by atoms with E-state index in [1.165, 1.54) is 18.9 Å². The molecule has 1 heterocycles. The maximum Gasteiger partial charge on any atom is 0.321 e. The Morgan fingerprint density at radius 1 is 1.19 bits per heavy atom. The fraction of sp³-hybridized carbons (Fsp3) is 0.600. The molecule has 0 fully saturated rings. The highest BCUT2D eigenvalue weighted by Crippen LogP contribution is 2.33. The van der Waals surface area contributed by atoms with Crippen molar-refractivity contribution in [3.63, 3.8) is 0 Å². The molecule has 0 radical (unpaired) electrons. The molecule has 1 rings (SSSR count). The van der Waals surface area contributed by atoms with E-state index in [-0.39, 0.29) is 6.04 Å². The predicted molar refractivity (Wildman–Crippen MR) is 65.7 cm³/mol. The summed E-state index contributed by atoms with van der Waals surface area (Å²) in [4.78, 5) is 9.28. The lowest BCUT2D eigenvalue weighted by Crippen LogP contribution is -2.13. The van der Waals surface area contributed by atoms with Crippen molar-refractivity contribution < 1.29 is 9.47 Å². The first kappa shape index (κ1) is 12.9. The van der Waals surface area contributed by atoms with Crippen molar-refractivity contribution in [1.82, 2.24) is 9.97 Å². The van der Waals surface area contributed by atoms with Gasteiger partial charge in [0.05, 0.1) is 14.2 Å². The van der Waals surface area contributed by atoms with Gasteiger partial charge in [0.1, 0.15) is 4.90 Å². The number of anilines is 1. The number of thioether (sulfide) groups is 1. The van der Waals surface area contributed by atoms with E-state index in [0.717, 1.165) is 10.7 Å². The Labute approximate surface area is 100.0 Å². The third-order valence-electron chi connectivity index (χ3n) is 1.82. The summed E-state index contributed by atoms with van der Waals surface area (Å²) in [7, 11) is 3.12. The first-order chi connectivity index (χ1) is 7.62. The fourth-order valence-electron chi connectivity index (χ4n) is 1.20. The second-order valence-electron chi connectivity index (χ2n) is 3.40. The molecule has 0 atom stereocenters. The Morgan fingerprint density at radius 2 is 1.88 bits per heavy atom. The monoisotopic (exact) mass is 243 g/mol. The first-order valence-corrected chi connectivity index (χ1v) is 6.15. The number of ether oxygens (including phenoxy) is 2. The minimum absolute atomic E-state index is 0.287. The second kappa shape index (κ2) is 5.79. The quantitative estimate of drug-likeness (QED) is 0.799. The maximum absolute atomic E-state index is 5.21. The minimum Gasteiger partial charge on any atom is -0.480 e. The van der Waals surface area contributed by atoms with E-state index < -0.39 is 0 Å². The van der Waals surface area contributed by atoms with E-state index in [4.69, 9.17) is 9.47 Å². The van der Waals surface area contributed by atoms with Gasteiger partial charge in [-0.2, -0.15) is 9.97 Å². The van der Waals surface area contributed by atoms with Crippen molar-refractivity contribution in [1.29, 1.82) is 0 Å². The van der Waals surface area contributed by atoms with Crippen LogP contribution in [0.15, 0.2) is 4.90 Å². The van der Waals surface area contributed by atoms with Gasteiger partial charge in [0.15, 0.2) is 5.82 Å². The van der Waals surface area contributed by atoms with E-state index in [0.29, 0.717) is 11.9 Å². The van der Waals surface area contributed by atoms with Crippen LogP contribution < -0.4 is 14.8 Å². The highest BCUT2D eigenvalue weighted by atomic mass is 32.2. The van der Waals surface area contributed by atoms with Gasteiger partial charge in [-0.25, -0.2) is 0 Å². The van der Waals surface area contributed by atoms with Gasteiger partial charge in [0.25, 0.3) is 0 Å². The molecular weight excluding hydrogens is 226 g/mol. The van der Waals surface area contributed by atoms with Gasteiger partial charge in [-0.1, -0.05) is 0 Å². The molecular formula is C10H17N3O2S. The van der Waals surface area contributed by atoms with E-state index in [9.17, 15) is 0 Å². The third kappa shape index (κ3) is 2.91. The zero-order valence-electron chi connectivity index (χ0n) is 10.2. The molecule has 0 aliphatic rings. The lowest BCUT2D eigenvalue weighted by molar-refractivity contribution is 0.346. The highest BCUT2D eigenvalue weighted by Gasteiger charge is 2.15. The molecule has 0 aliphatic heterocycles. The summed E-state index contributed by atoms with van der Waals surface area (Å²) in [6.45, 7) is 4.09. The largest absolute Gasteiger partial charge is 0.480 e. The normalized spacial score (nSPS) is 10.4. The summed E-state index contributed by atoms with van der Waals surface area (Å²) in [6, 6.07) is 0.591. The summed E-state index contributed by atoms with van der Waals surface area (Å²) >= 11 is 1.54. The van der Waals surface area contributed by atoms with Crippen LogP contribution in [0.3, 0.4) is 0 Å². The average molecular weight is 243 g/mol. The molecule has 0 saturated heterocycles. The highest BCUT2D eigenvalue weighted by molar-refractivity contribution is 7.98. The smallest absolute Gasteiger partial charge is 0.321 e. The molecule has 0 amide bonds. The predicted octanol–water partition coefficient (Wildman–Crippen LogP) is 2.04. The van der Waals surface area contributed by atoms with Crippen LogP contribution in [0.1, 0.15) is 13.8 Å². The van der Waals surface area contributed by atoms with Gasteiger partial charge < -0.3 is 14.8 Å². The Kier molecular flexibility index (Phi) is 4.67. The van der Waals surface area contributed by atoms with Crippen LogP contribution in [-0.4, -0.2) is 36.5 Å². The van der Waals surface area contributed by atoms with Gasteiger partial charge >= 0.3 is 6.01 Å². The van der Waals surface area contributed by atoms with Crippen molar-refractivity contribution in [2.75, 3.05) is 25.8 Å². The number of aromatic nitrogens is 2. The van der Waals surface area contributed by atoms with E-state index in [1.807, 2.05) is 20.1 Å². The van der Waals surface area contributed by atoms with Crippen LogP contribution >= 0.6 is 11.8 Å². The van der Waals surface area contributed by atoms with Gasteiger partial charge in [-0.05, 0) is 20.1 Å². The van der Waals surface area contributed by atoms with Crippen molar-refractivity contribution in [2.24, 2.45) is 0 Å². The Balaban J connectivity index is 3.19. The number of nitrogens with zero attached hydrogens (tertiary/aromatic N) is 2. The number of hydrogen-bond donors (Lipinski definition) is 1. The van der Waals surface area contributed by atoms with Crippen LogP contribution in [0.25, 0.3) is 0 Å². The number of nitrogens with one attached hydrogen (secondary N) is 1. The molecule has 0 saturated carbocycles. The van der Waals surface area contributed by atoms with Crippen molar-refractivity contribution >= 4 is 17.6 Å². The molecule has 16 heavy (non-hydrogen) atoms. The van der Waals surface area contributed by atoms with E-state index >= 15 is 0 Å². The zero-order chi connectivity index (χ0) is 12.1. The molecule has 5 nitrogen and oxygen atoms in total. The van der Waals surface area contributed by atoms with Crippen LogP contribution in [0.4, 0.5) is 5.82 Å². The van der Waals surface area contributed by atoms with Gasteiger partial charge in [-0.3, -0.25) is 0 Å². The van der Waals surface area contributed by atoms with E-state index in [1.54, 1.807) is 7.11 Å². The molecule has 0 aromatic carbocycles. The van der Waals surface area contributed by atoms with Gasteiger partial charge in [0, 0.05) is 6.04 Å². The topological polar surface area (TPSA) is 56.3 Å². The molecule has 0 spiro atoms. The first-order valence-electron chi connectivity index (χ1n) is 4.92. The van der Waals surface area contributed by atoms with Crippen LogP contribution in [0.2, 0.25) is 0 Å². The molecule has 0 bridgehead atoms. The fourth-order valence-corrected chi connectivity index (χ4v) is 1.80. The average Bonchev–Trinajstić information content (AvgIpc) is 2.27. The third-order valence-corrected chi connectivity index (χ3v) is 2.60. The summed E-state index contributed by atoms with van der Waals surface area (Å²) < 4.78 is 10.2. The Bertz CT molecular complexity index is 358. The zero-order valence-corrected chi connectivity index (χ0v) is 11.0. The summed E-state index contributed by atoms with van der Waals surface area (Å²) in [5.41, 5.74) is 0. The number of methoxy groups -OCH3 is 2. The summed E-state index contributed by atoms with van der Waals surface area (Å²) in [5.74, 6) is 1.27. The molecule has 0 unspecified atom stereocenters. The summed E-state index contributed by atoms with van der Waals surface area (Å²) in [5, 5.41) is 3.24. The maximum atomic E-state index is 5.21. The number of hydrogen-bond acceptors (Lipinski definition) is 6. The molecule has 1 aromatic heterocycles. The van der Waals surface area contributed by atoms with Crippen molar-refractivity contribution in [2.45, 2.75) is 24.8 Å². The van der Waals surface area contributed by atoms with Crippen LogP contribution in [-0.2, 0) is 0 Å². The molecule has 1 aromatic rings. The van der Waals surface area contributed by atoms with Gasteiger partial charge in [0.2, 0.25) is 5.88 Å². The number of rotatable bonds is 5.